The van der Waals surface area contributed by atoms with Crippen LogP contribution in [0.1, 0.15) is 54.4 Å². The molecule has 29 heavy (non-hydrogen) atoms. The molecule has 0 unspecified atom stereocenters. The highest BCUT2D eigenvalue weighted by atomic mass is 32.1. The van der Waals surface area contributed by atoms with Gasteiger partial charge in [-0.1, -0.05) is 12.1 Å². The van der Waals surface area contributed by atoms with Gasteiger partial charge in [-0.15, -0.1) is 11.3 Å². The minimum absolute atomic E-state index is 0.214. The molecule has 7 heteroatoms. The molecule has 0 aliphatic heterocycles. The van der Waals surface area contributed by atoms with Crippen molar-refractivity contribution >= 4 is 34.4 Å². The number of para-hydroxylation sites is 1. The maximum Gasteiger partial charge on any atom is 0.357 e. The summed E-state index contributed by atoms with van der Waals surface area (Å²) >= 11 is 1.48. The Morgan fingerprint density at radius 2 is 2.14 bits per heavy atom. The number of methoxy groups -OCH3 is 1. The van der Waals surface area contributed by atoms with E-state index in [4.69, 9.17) is 14.2 Å². The number of carbonyl (C=O) groups excluding carboxylic acids is 1. The zero-order valence-electron chi connectivity index (χ0n) is 16.6. The van der Waals surface area contributed by atoms with Crippen molar-refractivity contribution in [2.24, 2.45) is 0 Å². The highest BCUT2D eigenvalue weighted by Crippen LogP contribution is 2.36. The minimum atomic E-state index is -0.383. The number of esters is 1. The van der Waals surface area contributed by atoms with Gasteiger partial charge in [-0.3, -0.25) is 4.40 Å². The van der Waals surface area contributed by atoms with Crippen LogP contribution in [0.25, 0.3) is 17.1 Å². The quantitative estimate of drug-likeness (QED) is 0.507. The summed E-state index contributed by atoms with van der Waals surface area (Å²) in [6, 6.07) is 5.81. The molecule has 1 aliphatic carbocycles. The second kappa shape index (κ2) is 8.69. The highest BCUT2D eigenvalue weighted by molar-refractivity contribution is 7.15. The standard InChI is InChI=1S/C22H24N2O4S/c1-3-27-21(25)19-17(23-22-24(19)13-14-29-22)12-11-15-7-6-10-18(26-2)20(15)28-16-8-4-5-9-16/h6-7,10-14,16H,3-5,8-9H2,1-2H3/b12-11+. The molecule has 1 saturated carbocycles. The van der Waals surface area contributed by atoms with Gasteiger partial charge in [-0.2, -0.15) is 0 Å². The summed E-state index contributed by atoms with van der Waals surface area (Å²) in [5.41, 5.74) is 1.90. The lowest BCUT2D eigenvalue weighted by Gasteiger charge is -2.18. The number of thiazole rings is 1. The molecule has 1 fully saturated rings. The first kappa shape index (κ1) is 19.5. The van der Waals surface area contributed by atoms with Gasteiger partial charge in [0.1, 0.15) is 0 Å². The summed E-state index contributed by atoms with van der Waals surface area (Å²) in [4.78, 5) is 17.8. The Morgan fingerprint density at radius 3 is 2.90 bits per heavy atom. The van der Waals surface area contributed by atoms with Gasteiger partial charge in [0, 0.05) is 17.1 Å². The lowest BCUT2D eigenvalue weighted by Crippen LogP contribution is -2.12. The van der Waals surface area contributed by atoms with E-state index in [0.717, 1.165) is 29.1 Å². The van der Waals surface area contributed by atoms with E-state index in [1.165, 1.54) is 24.2 Å². The van der Waals surface area contributed by atoms with Crippen molar-refractivity contribution in [1.82, 2.24) is 9.38 Å². The number of aromatic nitrogens is 2. The van der Waals surface area contributed by atoms with Gasteiger partial charge in [0.15, 0.2) is 22.2 Å². The van der Waals surface area contributed by atoms with Crippen LogP contribution in [0.5, 0.6) is 11.5 Å². The van der Waals surface area contributed by atoms with Crippen molar-refractivity contribution in [3.8, 4) is 11.5 Å². The first-order valence-corrected chi connectivity index (χ1v) is 10.7. The van der Waals surface area contributed by atoms with Crippen LogP contribution in [0.2, 0.25) is 0 Å². The molecule has 0 bridgehead atoms. The zero-order chi connectivity index (χ0) is 20.2. The number of imidazole rings is 1. The number of fused-ring (bicyclic) bond motifs is 1. The summed E-state index contributed by atoms with van der Waals surface area (Å²) in [6.45, 7) is 2.11. The van der Waals surface area contributed by atoms with Crippen LogP contribution in [0, 0.1) is 0 Å². The smallest absolute Gasteiger partial charge is 0.357 e. The molecule has 152 valence electrons. The number of nitrogens with zero attached hydrogens (tertiary/aromatic N) is 2. The minimum Gasteiger partial charge on any atom is -0.493 e. The molecule has 0 N–H and O–H groups in total. The third-order valence-corrected chi connectivity index (χ3v) is 5.75. The van der Waals surface area contributed by atoms with E-state index in [0.29, 0.717) is 23.7 Å². The molecular formula is C22H24N2O4S. The number of hydrogen-bond donors (Lipinski definition) is 0. The van der Waals surface area contributed by atoms with Gasteiger partial charge in [0.25, 0.3) is 0 Å². The van der Waals surface area contributed by atoms with Crippen molar-refractivity contribution in [3.63, 3.8) is 0 Å². The third kappa shape index (κ3) is 4.00. The van der Waals surface area contributed by atoms with Gasteiger partial charge in [-0.05, 0) is 50.8 Å². The summed E-state index contributed by atoms with van der Waals surface area (Å²) < 4.78 is 18.8. The van der Waals surface area contributed by atoms with Crippen LogP contribution in [0.4, 0.5) is 0 Å². The fraction of sp³-hybridized carbons (Fsp3) is 0.364. The molecule has 1 aromatic carbocycles. The highest BCUT2D eigenvalue weighted by Gasteiger charge is 2.21. The monoisotopic (exact) mass is 412 g/mol. The Morgan fingerprint density at radius 1 is 1.31 bits per heavy atom. The van der Waals surface area contributed by atoms with Gasteiger partial charge < -0.3 is 14.2 Å². The van der Waals surface area contributed by atoms with Crippen LogP contribution < -0.4 is 9.47 Å². The Balaban J connectivity index is 1.70. The number of benzene rings is 1. The average Bonchev–Trinajstić information content (AvgIpc) is 3.44. The molecule has 3 aromatic rings. The van der Waals surface area contributed by atoms with Gasteiger partial charge >= 0.3 is 5.97 Å². The Kier molecular flexibility index (Phi) is 5.85. The Labute approximate surface area is 173 Å². The van der Waals surface area contributed by atoms with Crippen LogP contribution in [0.3, 0.4) is 0 Å². The zero-order valence-corrected chi connectivity index (χ0v) is 17.4. The van der Waals surface area contributed by atoms with E-state index in [9.17, 15) is 4.79 Å². The largest absolute Gasteiger partial charge is 0.493 e. The van der Waals surface area contributed by atoms with Gasteiger partial charge in [0.2, 0.25) is 0 Å². The molecule has 0 spiro atoms. The van der Waals surface area contributed by atoms with E-state index < -0.39 is 0 Å². The van der Waals surface area contributed by atoms with Crippen LogP contribution >= 0.6 is 11.3 Å². The Hall–Kier alpha value is -2.80. The molecule has 6 nitrogen and oxygen atoms in total. The second-order valence-corrected chi connectivity index (χ2v) is 7.73. The number of hydrogen-bond acceptors (Lipinski definition) is 6. The Bertz CT molecular complexity index is 1030. The molecular weight excluding hydrogens is 388 g/mol. The van der Waals surface area contributed by atoms with E-state index in [1.807, 2.05) is 41.9 Å². The summed E-state index contributed by atoms with van der Waals surface area (Å²) in [6.07, 6.45) is 10.3. The van der Waals surface area contributed by atoms with E-state index >= 15 is 0 Å². The summed E-state index contributed by atoms with van der Waals surface area (Å²) in [7, 11) is 1.65. The number of rotatable bonds is 7. The van der Waals surface area contributed by atoms with Crippen LogP contribution in [0.15, 0.2) is 29.8 Å². The van der Waals surface area contributed by atoms with Crippen molar-refractivity contribution < 1.29 is 19.0 Å². The topological polar surface area (TPSA) is 62.1 Å². The molecule has 0 amide bonds. The summed E-state index contributed by atoms with van der Waals surface area (Å²) in [5, 5.41) is 1.90. The van der Waals surface area contributed by atoms with Crippen molar-refractivity contribution in [3.05, 3.63) is 46.7 Å². The van der Waals surface area contributed by atoms with E-state index in [2.05, 4.69) is 4.98 Å². The SMILES string of the molecule is CCOC(=O)c1c(/C=C/c2cccc(OC)c2OC2CCCC2)nc2sccn12. The van der Waals surface area contributed by atoms with E-state index in [1.54, 1.807) is 18.4 Å². The van der Waals surface area contributed by atoms with Crippen LogP contribution in [-0.2, 0) is 4.74 Å². The maximum atomic E-state index is 12.5. The second-order valence-electron chi connectivity index (χ2n) is 6.86. The maximum absolute atomic E-state index is 12.5. The van der Waals surface area contributed by atoms with Gasteiger partial charge in [0.05, 0.1) is 25.5 Å². The van der Waals surface area contributed by atoms with Crippen molar-refractivity contribution in [1.29, 1.82) is 0 Å². The number of ether oxygens (including phenoxy) is 3. The molecule has 4 rings (SSSR count). The van der Waals surface area contributed by atoms with E-state index in [-0.39, 0.29) is 12.1 Å². The molecule has 1 aliphatic rings. The number of carbonyl (C=O) groups is 1. The molecule has 0 saturated heterocycles. The molecule has 2 heterocycles. The van der Waals surface area contributed by atoms with Crippen molar-refractivity contribution in [2.45, 2.75) is 38.7 Å². The summed E-state index contributed by atoms with van der Waals surface area (Å²) in [5.74, 6) is 1.05. The third-order valence-electron chi connectivity index (χ3n) is 4.99. The van der Waals surface area contributed by atoms with Crippen molar-refractivity contribution in [2.75, 3.05) is 13.7 Å². The predicted octanol–water partition coefficient (Wildman–Crippen LogP) is 5.07. The average molecular weight is 413 g/mol. The molecule has 2 aromatic heterocycles. The fourth-order valence-corrected chi connectivity index (χ4v) is 4.33. The first-order valence-electron chi connectivity index (χ1n) is 9.85. The normalized spacial score (nSPS) is 14.7. The lowest BCUT2D eigenvalue weighted by atomic mass is 10.1. The molecule has 0 radical (unpaired) electrons. The predicted molar refractivity (Wildman–Crippen MR) is 114 cm³/mol. The first-order chi connectivity index (χ1) is 14.2. The lowest BCUT2D eigenvalue weighted by molar-refractivity contribution is 0.0518. The molecule has 0 atom stereocenters. The fourth-order valence-electron chi connectivity index (χ4n) is 3.61. The van der Waals surface area contributed by atoms with Gasteiger partial charge in [-0.25, -0.2) is 9.78 Å². The van der Waals surface area contributed by atoms with Crippen LogP contribution in [-0.4, -0.2) is 35.2 Å².